The standard InChI is InChI=1S/C12H14N2O3S/c1-16-9-4-2-3-8(5-9)13-6-10(15)11-7-14-12(18)17-11/h2-5,7,10,13,15H,6H2,1H3,(H,14,18). The van der Waals surface area contributed by atoms with Crippen molar-refractivity contribution in [2.24, 2.45) is 0 Å². The Morgan fingerprint density at radius 3 is 3.06 bits per heavy atom. The number of rotatable bonds is 5. The summed E-state index contributed by atoms with van der Waals surface area (Å²) < 4.78 is 10.2. The minimum atomic E-state index is -0.760. The van der Waals surface area contributed by atoms with Crippen molar-refractivity contribution < 1.29 is 14.3 Å². The Kier molecular flexibility index (Phi) is 4.01. The van der Waals surface area contributed by atoms with Gasteiger partial charge in [0.2, 0.25) is 0 Å². The van der Waals surface area contributed by atoms with Crippen LogP contribution in [0.3, 0.4) is 0 Å². The molecule has 96 valence electrons. The topological polar surface area (TPSA) is 70.4 Å². The first-order valence-corrected chi connectivity index (χ1v) is 5.84. The number of anilines is 1. The van der Waals surface area contributed by atoms with Crippen molar-refractivity contribution in [3.8, 4) is 5.75 Å². The Morgan fingerprint density at radius 2 is 2.39 bits per heavy atom. The quantitative estimate of drug-likeness (QED) is 0.725. The van der Waals surface area contributed by atoms with Crippen LogP contribution in [-0.4, -0.2) is 23.7 Å². The normalized spacial score (nSPS) is 12.1. The lowest BCUT2D eigenvalue weighted by Crippen LogP contribution is -2.11. The number of aromatic amines is 1. The zero-order valence-electron chi connectivity index (χ0n) is 9.84. The first-order chi connectivity index (χ1) is 8.69. The lowest BCUT2D eigenvalue weighted by atomic mass is 10.2. The van der Waals surface area contributed by atoms with E-state index in [2.05, 4.69) is 10.3 Å². The predicted molar refractivity (Wildman–Crippen MR) is 70.3 cm³/mol. The van der Waals surface area contributed by atoms with Gasteiger partial charge >= 0.3 is 0 Å². The molecule has 0 saturated heterocycles. The minimum Gasteiger partial charge on any atom is -0.497 e. The molecule has 2 rings (SSSR count). The first-order valence-electron chi connectivity index (χ1n) is 5.43. The van der Waals surface area contributed by atoms with Crippen LogP contribution in [0.1, 0.15) is 11.9 Å². The molecule has 1 atom stereocenters. The van der Waals surface area contributed by atoms with Crippen LogP contribution in [0, 0.1) is 4.84 Å². The molecule has 0 aliphatic rings. The van der Waals surface area contributed by atoms with Crippen LogP contribution in [0.25, 0.3) is 0 Å². The Labute approximate surface area is 109 Å². The van der Waals surface area contributed by atoms with E-state index in [9.17, 15) is 5.11 Å². The highest BCUT2D eigenvalue weighted by atomic mass is 32.1. The molecular weight excluding hydrogens is 252 g/mol. The van der Waals surface area contributed by atoms with Gasteiger partial charge in [-0.3, -0.25) is 0 Å². The van der Waals surface area contributed by atoms with Gasteiger partial charge in [0.25, 0.3) is 4.84 Å². The molecule has 18 heavy (non-hydrogen) atoms. The van der Waals surface area contributed by atoms with E-state index in [1.165, 1.54) is 0 Å². The average molecular weight is 266 g/mol. The molecule has 6 heteroatoms. The monoisotopic (exact) mass is 266 g/mol. The summed E-state index contributed by atoms with van der Waals surface area (Å²) in [6.45, 7) is 0.323. The van der Waals surface area contributed by atoms with Gasteiger partial charge in [0, 0.05) is 24.5 Å². The zero-order valence-corrected chi connectivity index (χ0v) is 10.7. The number of hydrogen-bond acceptors (Lipinski definition) is 5. The molecule has 0 amide bonds. The molecule has 2 aromatic rings. The van der Waals surface area contributed by atoms with Gasteiger partial charge in [-0.15, -0.1) is 0 Å². The fourth-order valence-electron chi connectivity index (χ4n) is 1.51. The van der Waals surface area contributed by atoms with Crippen LogP contribution in [0.15, 0.2) is 34.9 Å². The molecule has 0 saturated carbocycles. The summed E-state index contributed by atoms with van der Waals surface area (Å²) in [6.07, 6.45) is 0.796. The summed E-state index contributed by atoms with van der Waals surface area (Å²) in [5, 5.41) is 13.0. The maximum atomic E-state index is 9.87. The van der Waals surface area contributed by atoms with Crippen molar-refractivity contribution >= 4 is 17.9 Å². The fourth-order valence-corrected chi connectivity index (χ4v) is 1.66. The number of hydrogen-bond donors (Lipinski definition) is 3. The van der Waals surface area contributed by atoms with Gasteiger partial charge in [-0.2, -0.15) is 0 Å². The third kappa shape index (κ3) is 3.12. The summed E-state index contributed by atoms with van der Waals surface area (Å²) in [5.41, 5.74) is 0.863. The largest absolute Gasteiger partial charge is 0.497 e. The Bertz CT molecular complexity index is 564. The lowest BCUT2D eigenvalue weighted by molar-refractivity contribution is 0.161. The summed E-state index contributed by atoms with van der Waals surface area (Å²) in [7, 11) is 1.61. The molecule has 0 radical (unpaired) electrons. The van der Waals surface area contributed by atoms with E-state index in [0.717, 1.165) is 11.4 Å². The van der Waals surface area contributed by atoms with Gasteiger partial charge in [0.1, 0.15) is 11.9 Å². The number of H-pyrrole nitrogens is 1. The average Bonchev–Trinajstić information content (AvgIpc) is 2.83. The highest BCUT2D eigenvalue weighted by Gasteiger charge is 2.11. The molecular formula is C12H14N2O3S. The van der Waals surface area contributed by atoms with E-state index in [4.69, 9.17) is 21.4 Å². The number of nitrogens with one attached hydrogen (secondary N) is 2. The number of aromatic nitrogens is 1. The molecule has 3 N–H and O–H groups in total. The van der Waals surface area contributed by atoms with Gasteiger partial charge in [0.15, 0.2) is 5.76 Å². The van der Waals surface area contributed by atoms with Gasteiger partial charge < -0.3 is 24.6 Å². The van der Waals surface area contributed by atoms with E-state index >= 15 is 0 Å². The van der Waals surface area contributed by atoms with E-state index < -0.39 is 6.10 Å². The van der Waals surface area contributed by atoms with E-state index in [-0.39, 0.29) is 4.84 Å². The highest BCUT2D eigenvalue weighted by molar-refractivity contribution is 7.71. The Hall–Kier alpha value is -1.79. The van der Waals surface area contributed by atoms with Crippen LogP contribution in [-0.2, 0) is 0 Å². The van der Waals surface area contributed by atoms with Crippen LogP contribution in [0.4, 0.5) is 5.69 Å². The summed E-state index contributed by atoms with van der Waals surface area (Å²) >= 11 is 4.79. The predicted octanol–water partition coefficient (Wildman–Crippen LogP) is 2.49. The smallest absolute Gasteiger partial charge is 0.266 e. The van der Waals surface area contributed by atoms with Gasteiger partial charge in [-0.05, 0) is 24.4 Å². The number of ether oxygens (including phenoxy) is 1. The van der Waals surface area contributed by atoms with Crippen molar-refractivity contribution in [3.05, 3.63) is 41.1 Å². The molecule has 0 spiro atoms. The molecule has 1 unspecified atom stereocenters. The van der Waals surface area contributed by atoms with Crippen LogP contribution >= 0.6 is 12.2 Å². The lowest BCUT2D eigenvalue weighted by Gasteiger charge is -2.11. The number of methoxy groups -OCH3 is 1. The van der Waals surface area contributed by atoms with Crippen LogP contribution in [0.5, 0.6) is 5.75 Å². The molecule has 1 aromatic carbocycles. The SMILES string of the molecule is COc1cccc(NCC(O)c2c[nH]c(=S)o2)c1. The molecule has 0 bridgehead atoms. The number of benzene rings is 1. The third-order valence-corrected chi connectivity index (χ3v) is 2.64. The maximum Gasteiger partial charge on any atom is 0.266 e. The summed E-state index contributed by atoms with van der Waals surface area (Å²) in [6, 6.07) is 7.46. The van der Waals surface area contributed by atoms with Crippen molar-refractivity contribution in [1.82, 2.24) is 4.98 Å². The summed E-state index contributed by atoms with van der Waals surface area (Å²) in [4.78, 5) is 2.96. The van der Waals surface area contributed by atoms with Crippen molar-refractivity contribution in [3.63, 3.8) is 0 Å². The molecule has 5 nitrogen and oxygen atoms in total. The summed E-state index contributed by atoms with van der Waals surface area (Å²) in [5.74, 6) is 1.17. The molecule has 0 aliphatic heterocycles. The Morgan fingerprint density at radius 1 is 1.56 bits per heavy atom. The van der Waals surface area contributed by atoms with Crippen LogP contribution < -0.4 is 10.1 Å². The second-order valence-electron chi connectivity index (χ2n) is 3.71. The second-order valence-corrected chi connectivity index (χ2v) is 4.08. The molecule has 0 fully saturated rings. The number of aliphatic hydroxyl groups excluding tert-OH is 1. The third-order valence-electron chi connectivity index (χ3n) is 2.44. The van der Waals surface area contributed by atoms with E-state index in [1.54, 1.807) is 13.3 Å². The van der Waals surface area contributed by atoms with Crippen molar-refractivity contribution in [1.29, 1.82) is 0 Å². The van der Waals surface area contributed by atoms with Gasteiger partial charge in [0.05, 0.1) is 7.11 Å². The van der Waals surface area contributed by atoms with Crippen molar-refractivity contribution in [2.45, 2.75) is 6.10 Å². The molecule has 1 heterocycles. The zero-order chi connectivity index (χ0) is 13.0. The minimum absolute atomic E-state index is 0.255. The fraction of sp³-hybridized carbons (Fsp3) is 0.250. The maximum absolute atomic E-state index is 9.87. The first kappa shape index (κ1) is 12.7. The Balaban J connectivity index is 1.96. The second kappa shape index (κ2) is 5.70. The van der Waals surface area contributed by atoms with Gasteiger partial charge in [-0.25, -0.2) is 0 Å². The number of aliphatic hydroxyl groups is 1. The highest BCUT2D eigenvalue weighted by Crippen LogP contribution is 2.18. The number of oxazole rings is 1. The van der Waals surface area contributed by atoms with E-state index in [1.807, 2.05) is 24.3 Å². The molecule has 0 aliphatic carbocycles. The molecule has 1 aromatic heterocycles. The van der Waals surface area contributed by atoms with Crippen molar-refractivity contribution in [2.75, 3.05) is 19.0 Å². The van der Waals surface area contributed by atoms with Gasteiger partial charge in [-0.1, -0.05) is 6.07 Å². The van der Waals surface area contributed by atoms with E-state index in [0.29, 0.717) is 12.3 Å². The van der Waals surface area contributed by atoms with Crippen LogP contribution in [0.2, 0.25) is 0 Å².